The van der Waals surface area contributed by atoms with Crippen LogP contribution < -0.4 is 10.6 Å². The first kappa shape index (κ1) is 18.5. The first-order valence-corrected chi connectivity index (χ1v) is 9.51. The van der Waals surface area contributed by atoms with E-state index in [0.29, 0.717) is 6.54 Å². The fourth-order valence-electron chi connectivity index (χ4n) is 2.82. The van der Waals surface area contributed by atoms with Crippen molar-refractivity contribution in [3.05, 3.63) is 38.8 Å². The van der Waals surface area contributed by atoms with Crippen LogP contribution in [0, 0.1) is 6.92 Å². The molecule has 2 heterocycles. The number of aryl methyl sites for hydroxylation is 3. The van der Waals surface area contributed by atoms with Crippen LogP contribution in [0.1, 0.15) is 47.5 Å². The number of hydrogen-bond donors (Lipinski definition) is 2. The summed E-state index contributed by atoms with van der Waals surface area (Å²) in [5.41, 5.74) is 3.70. The number of hydrogen-bond acceptors (Lipinski definition) is 3. The van der Waals surface area contributed by atoms with Gasteiger partial charge >= 0.3 is 0 Å². The molecule has 24 heavy (non-hydrogen) atoms. The molecule has 0 radical (unpaired) electrons. The monoisotopic (exact) mass is 347 g/mol. The summed E-state index contributed by atoms with van der Waals surface area (Å²) in [6.07, 6.45) is 1.92. The van der Waals surface area contributed by atoms with E-state index in [1.54, 1.807) is 0 Å². The maximum Gasteiger partial charge on any atom is 0.191 e. The Hall–Kier alpha value is -1.82. The zero-order chi connectivity index (χ0) is 17.5. The molecule has 0 aromatic carbocycles. The molecule has 0 bridgehead atoms. The molecule has 0 saturated heterocycles. The van der Waals surface area contributed by atoms with Crippen LogP contribution in [0.5, 0.6) is 0 Å². The lowest BCUT2D eigenvalue weighted by atomic mass is 10.1. The Labute approximate surface area is 149 Å². The lowest BCUT2D eigenvalue weighted by Crippen LogP contribution is -2.36. The highest BCUT2D eigenvalue weighted by Crippen LogP contribution is 2.17. The molecule has 0 aliphatic heterocycles. The predicted molar refractivity (Wildman–Crippen MR) is 103 cm³/mol. The van der Waals surface area contributed by atoms with Gasteiger partial charge in [-0.05, 0) is 38.8 Å². The topological polar surface area (TPSA) is 54.2 Å². The molecule has 0 spiro atoms. The van der Waals surface area contributed by atoms with Crippen LogP contribution in [0.3, 0.4) is 0 Å². The number of nitrogens with zero attached hydrogens (tertiary/aromatic N) is 3. The van der Waals surface area contributed by atoms with Gasteiger partial charge in [0.1, 0.15) is 0 Å². The first-order chi connectivity index (χ1) is 11.6. The summed E-state index contributed by atoms with van der Waals surface area (Å²) in [5.74, 6) is 0.858. The molecule has 6 heteroatoms. The van der Waals surface area contributed by atoms with Gasteiger partial charge in [-0.3, -0.25) is 4.68 Å². The van der Waals surface area contributed by atoms with Gasteiger partial charge in [0.05, 0.1) is 18.8 Å². The van der Waals surface area contributed by atoms with Crippen LogP contribution in [-0.2, 0) is 33.0 Å². The summed E-state index contributed by atoms with van der Waals surface area (Å²) in [6.45, 7) is 10.9. The van der Waals surface area contributed by atoms with Crippen molar-refractivity contribution < 1.29 is 0 Å². The minimum atomic E-state index is 0.666. The van der Waals surface area contributed by atoms with Crippen LogP contribution in [0.2, 0.25) is 0 Å². The second-order valence-corrected chi connectivity index (χ2v) is 7.14. The molecule has 2 aromatic rings. The van der Waals surface area contributed by atoms with Gasteiger partial charge in [-0.1, -0.05) is 13.8 Å². The van der Waals surface area contributed by atoms with Crippen LogP contribution in [-0.4, -0.2) is 22.3 Å². The van der Waals surface area contributed by atoms with E-state index in [1.165, 1.54) is 21.0 Å². The molecule has 2 aromatic heterocycles. The average Bonchev–Trinajstić information content (AvgIpc) is 3.12. The van der Waals surface area contributed by atoms with Gasteiger partial charge in [-0.25, -0.2) is 4.99 Å². The van der Waals surface area contributed by atoms with Crippen LogP contribution >= 0.6 is 11.3 Å². The smallest absolute Gasteiger partial charge is 0.191 e. The molecule has 132 valence electrons. The fraction of sp³-hybridized carbons (Fsp3) is 0.556. The lowest BCUT2D eigenvalue weighted by Gasteiger charge is -2.11. The summed E-state index contributed by atoms with van der Waals surface area (Å²) < 4.78 is 2.00. The van der Waals surface area contributed by atoms with Gasteiger partial charge in [0.2, 0.25) is 0 Å². The third-order valence-corrected chi connectivity index (χ3v) is 4.99. The first-order valence-electron chi connectivity index (χ1n) is 8.70. The second kappa shape index (κ2) is 8.87. The zero-order valence-corrected chi connectivity index (χ0v) is 16.3. The molecular weight excluding hydrogens is 318 g/mol. The van der Waals surface area contributed by atoms with E-state index in [-0.39, 0.29) is 0 Å². The predicted octanol–water partition coefficient (Wildman–Crippen LogP) is 3.17. The molecular formula is C18H29N5S. The summed E-state index contributed by atoms with van der Waals surface area (Å²) in [7, 11) is 2.02. The summed E-state index contributed by atoms with van der Waals surface area (Å²) in [6, 6.07) is 4.32. The molecule has 0 aliphatic rings. The van der Waals surface area contributed by atoms with E-state index in [2.05, 4.69) is 55.6 Å². The molecule has 0 amide bonds. The fourth-order valence-corrected chi connectivity index (χ4v) is 3.65. The molecule has 0 saturated carbocycles. The Morgan fingerprint density at radius 1 is 1.21 bits per heavy atom. The van der Waals surface area contributed by atoms with E-state index in [4.69, 9.17) is 4.99 Å². The highest BCUT2D eigenvalue weighted by molar-refractivity contribution is 7.11. The maximum atomic E-state index is 4.78. The van der Waals surface area contributed by atoms with Crippen molar-refractivity contribution in [1.29, 1.82) is 0 Å². The normalized spacial score (nSPS) is 11.8. The second-order valence-electron chi connectivity index (χ2n) is 5.76. The molecule has 0 atom stereocenters. The third-order valence-electron chi connectivity index (χ3n) is 3.99. The zero-order valence-electron chi connectivity index (χ0n) is 15.4. The van der Waals surface area contributed by atoms with Crippen molar-refractivity contribution in [3.63, 3.8) is 0 Å². The standard InChI is InChI=1S/C18H29N5S/c1-6-16-15(17(7-2)23(5)22-16)12-21-18(19-8-3)20-11-14-10-9-13(4)24-14/h9-10H,6-8,11-12H2,1-5H3,(H2,19,20,21). The lowest BCUT2D eigenvalue weighted by molar-refractivity contribution is 0.703. The van der Waals surface area contributed by atoms with Gasteiger partial charge < -0.3 is 10.6 Å². The van der Waals surface area contributed by atoms with Gasteiger partial charge in [0.25, 0.3) is 0 Å². The van der Waals surface area contributed by atoms with E-state index < -0.39 is 0 Å². The molecule has 5 nitrogen and oxygen atoms in total. The van der Waals surface area contributed by atoms with E-state index >= 15 is 0 Å². The SMILES string of the molecule is CCNC(=NCc1c(CC)nn(C)c1CC)NCc1ccc(C)s1. The highest BCUT2D eigenvalue weighted by atomic mass is 32.1. The largest absolute Gasteiger partial charge is 0.357 e. The molecule has 2 N–H and O–H groups in total. The van der Waals surface area contributed by atoms with E-state index in [1.807, 2.05) is 23.1 Å². The van der Waals surface area contributed by atoms with Crippen molar-refractivity contribution in [2.45, 2.75) is 53.6 Å². The Balaban J connectivity index is 2.10. The van der Waals surface area contributed by atoms with Gasteiger partial charge in [-0.2, -0.15) is 5.10 Å². The Bertz CT molecular complexity index is 684. The molecule has 0 unspecified atom stereocenters. The van der Waals surface area contributed by atoms with Crippen LogP contribution in [0.4, 0.5) is 0 Å². The quantitative estimate of drug-likeness (QED) is 0.597. The average molecular weight is 348 g/mol. The summed E-state index contributed by atoms with van der Waals surface area (Å²) in [5, 5.41) is 11.4. The molecule has 0 fully saturated rings. The summed E-state index contributed by atoms with van der Waals surface area (Å²) >= 11 is 1.82. The number of aliphatic imine (C=N–C) groups is 1. The van der Waals surface area contributed by atoms with Crippen molar-refractivity contribution in [1.82, 2.24) is 20.4 Å². The van der Waals surface area contributed by atoms with Crippen molar-refractivity contribution in [3.8, 4) is 0 Å². The molecule has 0 aliphatic carbocycles. The Morgan fingerprint density at radius 3 is 2.58 bits per heavy atom. The minimum absolute atomic E-state index is 0.666. The maximum absolute atomic E-state index is 4.78. The number of nitrogens with one attached hydrogen (secondary N) is 2. The van der Waals surface area contributed by atoms with Crippen LogP contribution in [0.15, 0.2) is 17.1 Å². The number of guanidine groups is 1. The number of aromatic nitrogens is 2. The summed E-state index contributed by atoms with van der Waals surface area (Å²) in [4.78, 5) is 7.44. The van der Waals surface area contributed by atoms with Crippen LogP contribution in [0.25, 0.3) is 0 Å². The van der Waals surface area contributed by atoms with Crippen molar-refractivity contribution in [2.24, 2.45) is 12.0 Å². The number of rotatable bonds is 7. The van der Waals surface area contributed by atoms with Gasteiger partial charge in [0.15, 0.2) is 5.96 Å². The number of thiophene rings is 1. The Kier molecular flexibility index (Phi) is 6.85. The van der Waals surface area contributed by atoms with Crippen molar-refractivity contribution >= 4 is 17.3 Å². The van der Waals surface area contributed by atoms with Gasteiger partial charge in [-0.15, -0.1) is 11.3 Å². The Morgan fingerprint density at radius 2 is 2.00 bits per heavy atom. The van der Waals surface area contributed by atoms with E-state index in [0.717, 1.165) is 37.6 Å². The third kappa shape index (κ3) is 4.60. The van der Waals surface area contributed by atoms with Crippen molar-refractivity contribution in [2.75, 3.05) is 6.54 Å². The van der Waals surface area contributed by atoms with Gasteiger partial charge in [0, 0.05) is 34.6 Å². The highest BCUT2D eigenvalue weighted by Gasteiger charge is 2.13. The minimum Gasteiger partial charge on any atom is -0.357 e. The molecule has 2 rings (SSSR count). The van der Waals surface area contributed by atoms with E-state index in [9.17, 15) is 0 Å².